The van der Waals surface area contributed by atoms with Crippen LogP contribution in [0.25, 0.3) is 11.3 Å². The molecule has 0 aliphatic heterocycles. The van der Waals surface area contributed by atoms with Crippen molar-refractivity contribution in [2.24, 2.45) is 0 Å². The van der Waals surface area contributed by atoms with Gasteiger partial charge in [0.25, 0.3) is 0 Å². The quantitative estimate of drug-likeness (QED) is 0.879. The Kier molecular flexibility index (Phi) is 3.77. The van der Waals surface area contributed by atoms with Gasteiger partial charge in [0.05, 0.1) is 5.69 Å². The van der Waals surface area contributed by atoms with Crippen LogP contribution in [0.1, 0.15) is 12.2 Å². The van der Waals surface area contributed by atoms with E-state index in [1.165, 1.54) is 12.1 Å². The predicted molar refractivity (Wildman–Crippen MR) is 62.8 cm³/mol. The normalized spacial score (nSPS) is 10.5. The molecule has 2 aromatic rings. The topological polar surface area (TPSA) is 46.0 Å². The van der Waals surface area contributed by atoms with Crippen LogP contribution in [0.3, 0.4) is 0 Å². The monoisotopic (exact) mass is 232 g/mol. The van der Waals surface area contributed by atoms with Gasteiger partial charge in [-0.1, -0.05) is 12.1 Å². The van der Waals surface area contributed by atoms with Crippen LogP contribution < -0.4 is 0 Å². The van der Waals surface area contributed by atoms with Crippen molar-refractivity contribution in [1.82, 2.24) is 9.97 Å². The molecule has 0 unspecified atom stereocenters. The molecule has 0 aliphatic carbocycles. The molecule has 3 nitrogen and oxygen atoms in total. The molecule has 17 heavy (non-hydrogen) atoms. The number of nitrogens with zero attached hydrogens (tertiary/aromatic N) is 2. The molecule has 88 valence electrons. The molecule has 0 radical (unpaired) electrons. The van der Waals surface area contributed by atoms with E-state index in [4.69, 9.17) is 5.11 Å². The summed E-state index contributed by atoms with van der Waals surface area (Å²) in [4.78, 5) is 8.44. The number of hydrogen-bond donors (Lipinski definition) is 1. The molecule has 0 saturated carbocycles. The molecule has 1 aromatic heterocycles. The molecule has 0 atom stereocenters. The predicted octanol–water partition coefficient (Wildman–Crippen LogP) is 2.21. The molecule has 0 fully saturated rings. The third-order valence-corrected chi connectivity index (χ3v) is 2.38. The third-order valence-electron chi connectivity index (χ3n) is 2.38. The Morgan fingerprint density at radius 2 is 2.12 bits per heavy atom. The SMILES string of the molecule is OCCCc1nccc(-c2cccc(F)c2)n1. The number of halogens is 1. The van der Waals surface area contributed by atoms with Crippen LogP contribution in [0.2, 0.25) is 0 Å². The smallest absolute Gasteiger partial charge is 0.129 e. The van der Waals surface area contributed by atoms with Crippen molar-refractivity contribution in [1.29, 1.82) is 0 Å². The van der Waals surface area contributed by atoms with E-state index in [2.05, 4.69) is 9.97 Å². The van der Waals surface area contributed by atoms with Gasteiger partial charge in [-0.25, -0.2) is 14.4 Å². The molecule has 1 heterocycles. The lowest BCUT2D eigenvalue weighted by Gasteiger charge is -2.03. The summed E-state index contributed by atoms with van der Waals surface area (Å²) in [6.45, 7) is 0.119. The number of hydrogen-bond acceptors (Lipinski definition) is 3. The van der Waals surface area contributed by atoms with Crippen molar-refractivity contribution in [3.63, 3.8) is 0 Å². The van der Waals surface area contributed by atoms with Crippen LogP contribution >= 0.6 is 0 Å². The van der Waals surface area contributed by atoms with Gasteiger partial charge >= 0.3 is 0 Å². The molecule has 1 aromatic carbocycles. The van der Waals surface area contributed by atoms with Gasteiger partial charge in [0.15, 0.2) is 0 Å². The van der Waals surface area contributed by atoms with E-state index in [9.17, 15) is 4.39 Å². The second-order valence-corrected chi connectivity index (χ2v) is 3.70. The van der Waals surface area contributed by atoms with E-state index in [0.29, 0.717) is 24.4 Å². The Morgan fingerprint density at radius 3 is 2.88 bits per heavy atom. The fourth-order valence-corrected chi connectivity index (χ4v) is 1.57. The lowest BCUT2D eigenvalue weighted by atomic mass is 10.1. The van der Waals surface area contributed by atoms with E-state index in [0.717, 1.165) is 5.56 Å². The molecule has 4 heteroatoms. The van der Waals surface area contributed by atoms with Crippen LogP contribution in [0, 0.1) is 5.82 Å². The average Bonchev–Trinajstić information content (AvgIpc) is 2.37. The summed E-state index contributed by atoms with van der Waals surface area (Å²) in [5, 5.41) is 8.75. The van der Waals surface area contributed by atoms with E-state index in [-0.39, 0.29) is 12.4 Å². The Morgan fingerprint density at radius 1 is 1.24 bits per heavy atom. The minimum Gasteiger partial charge on any atom is -0.396 e. The highest BCUT2D eigenvalue weighted by Crippen LogP contribution is 2.17. The second kappa shape index (κ2) is 5.50. The van der Waals surface area contributed by atoms with Crippen molar-refractivity contribution in [2.45, 2.75) is 12.8 Å². The number of rotatable bonds is 4. The zero-order valence-corrected chi connectivity index (χ0v) is 9.31. The molecule has 0 amide bonds. The first-order valence-electron chi connectivity index (χ1n) is 5.48. The molecular weight excluding hydrogens is 219 g/mol. The first-order chi connectivity index (χ1) is 8.29. The van der Waals surface area contributed by atoms with Crippen molar-refractivity contribution in [2.75, 3.05) is 6.61 Å². The Labute approximate surface area is 99.0 Å². The zero-order valence-electron chi connectivity index (χ0n) is 9.31. The fraction of sp³-hybridized carbons (Fsp3) is 0.231. The second-order valence-electron chi connectivity index (χ2n) is 3.70. The van der Waals surface area contributed by atoms with E-state index < -0.39 is 0 Å². The number of aryl methyl sites for hydroxylation is 1. The zero-order chi connectivity index (χ0) is 12.1. The highest BCUT2D eigenvalue weighted by atomic mass is 19.1. The van der Waals surface area contributed by atoms with Crippen LogP contribution in [0.15, 0.2) is 36.5 Å². The Bertz CT molecular complexity index is 502. The molecule has 0 aliphatic rings. The summed E-state index contributed by atoms with van der Waals surface area (Å²) in [7, 11) is 0. The van der Waals surface area contributed by atoms with Crippen LogP contribution in [0.5, 0.6) is 0 Å². The van der Waals surface area contributed by atoms with Gasteiger partial charge in [0.1, 0.15) is 11.6 Å². The molecule has 1 N–H and O–H groups in total. The van der Waals surface area contributed by atoms with Crippen LogP contribution in [0.4, 0.5) is 4.39 Å². The molecule has 0 bridgehead atoms. The summed E-state index contributed by atoms with van der Waals surface area (Å²) >= 11 is 0. The van der Waals surface area contributed by atoms with Gasteiger partial charge in [-0.3, -0.25) is 0 Å². The minimum absolute atomic E-state index is 0.119. The third kappa shape index (κ3) is 3.07. The molecule has 2 rings (SSSR count). The largest absolute Gasteiger partial charge is 0.396 e. The van der Waals surface area contributed by atoms with E-state index in [1.807, 2.05) is 0 Å². The lowest BCUT2D eigenvalue weighted by molar-refractivity contribution is 0.287. The highest BCUT2D eigenvalue weighted by molar-refractivity contribution is 5.58. The van der Waals surface area contributed by atoms with Gasteiger partial charge in [0, 0.05) is 24.8 Å². The first kappa shape index (κ1) is 11.7. The first-order valence-corrected chi connectivity index (χ1v) is 5.48. The molecule has 0 spiro atoms. The van der Waals surface area contributed by atoms with E-state index >= 15 is 0 Å². The van der Waals surface area contributed by atoms with Crippen molar-refractivity contribution >= 4 is 0 Å². The van der Waals surface area contributed by atoms with Crippen LogP contribution in [-0.4, -0.2) is 21.7 Å². The summed E-state index contributed by atoms with van der Waals surface area (Å²) < 4.78 is 13.1. The minimum atomic E-state index is -0.280. The summed E-state index contributed by atoms with van der Waals surface area (Å²) in [6.07, 6.45) is 2.91. The van der Waals surface area contributed by atoms with Crippen LogP contribution in [-0.2, 0) is 6.42 Å². The summed E-state index contributed by atoms with van der Waals surface area (Å²) in [6, 6.07) is 8.05. The van der Waals surface area contributed by atoms with Gasteiger partial charge in [-0.05, 0) is 24.6 Å². The average molecular weight is 232 g/mol. The van der Waals surface area contributed by atoms with Gasteiger partial charge < -0.3 is 5.11 Å². The van der Waals surface area contributed by atoms with Gasteiger partial charge in [-0.15, -0.1) is 0 Å². The number of aliphatic hydroxyl groups is 1. The van der Waals surface area contributed by atoms with Crippen molar-refractivity contribution in [3.05, 3.63) is 48.2 Å². The lowest BCUT2D eigenvalue weighted by Crippen LogP contribution is -1.98. The molecule has 0 saturated heterocycles. The number of benzene rings is 1. The standard InChI is InChI=1S/C13H13FN2O/c14-11-4-1-3-10(9-11)12-6-7-15-13(16-12)5-2-8-17/h1,3-4,6-7,9,17H,2,5,8H2. The van der Waals surface area contributed by atoms with Crippen molar-refractivity contribution in [3.8, 4) is 11.3 Å². The number of aliphatic hydroxyl groups excluding tert-OH is 1. The van der Waals surface area contributed by atoms with Gasteiger partial charge in [0.2, 0.25) is 0 Å². The van der Waals surface area contributed by atoms with Gasteiger partial charge in [-0.2, -0.15) is 0 Å². The Hall–Kier alpha value is -1.81. The maximum absolute atomic E-state index is 13.1. The number of aromatic nitrogens is 2. The molecular formula is C13H13FN2O. The van der Waals surface area contributed by atoms with E-state index in [1.54, 1.807) is 24.4 Å². The highest BCUT2D eigenvalue weighted by Gasteiger charge is 2.03. The maximum atomic E-state index is 13.1. The maximum Gasteiger partial charge on any atom is 0.129 e. The van der Waals surface area contributed by atoms with Crippen molar-refractivity contribution < 1.29 is 9.50 Å². The Balaban J connectivity index is 2.26. The fourth-order valence-electron chi connectivity index (χ4n) is 1.57. The summed E-state index contributed by atoms with van der Waals surface area (Å²) in [5.41, 5.74) is 1.44. The summed E-state index contributed by atoms with van der Waals surface area (Å²) in [5.74, 6) is 0.388.